The van der Waals surface area contributed by atoms with Gasteiger partial charge in [0.05, 0.1) is 25.6 Å². The first-order chi connectivity index (χ1) is 8.15. The monoisotopic (exact) mass is 241 g/mol. The third kappa shape index (κ3) is 7.72. The second-order valence-electron chi connectivity index (χ2n) is 3.79. The van der Waals surface area contributed by atoms with Gasteiger partial charge in [-0.1, -0.05) is 6.92 Å². The molecular weight excluding hydrogens is 218 g/mol. The Morgan fingerprint density at radius 2 is 2.06 bits per heavy atom. The average molecular weight is 241 g/mol. The summed E-state index contributed by atoms with van der Waals surface area (Å²) in [5.74, 6) is 0.0543. The zero-order chi connectivity index (χ0) is 13.1. The lowest BCUT2D eigenvalue weighted by Gasteiger charge is -2.23. The third-order valence-corrected chi connectivity index (χ3v) is 2.55. The average Bonchev–Trinajstić information content (AvgIpc) is 2.34. The number of hydrogen-bond donors (Lipinski definition) is 0. The molecule has 98 valence electrons. The number of nitriles is 1. The molecule has 0 atom stereocenters. The van der Waals surface area contributed by atoms with Crippen molar-refractivity contribution in [3.8, 4) is 6.07 Å². The Morgan fingerprint density at radius 3 is 2.59 bits per heavy atom. The van der Waals surface area contributed by atoms with Crippen LogP contribution < -0.4 is 0 Å². The summed E-state index contributed by atoms with van der Waals surface area (Å²) in [5.41, 5.74) is 0. The van der Waals surface area contributed by atoms with E-state index in [1.165, 1.54) is 0 Å². The zero-order valence-corrected chi connectivity index (χ0v) is 11.1. The Hall–Kier alpha value is -1.12. The quantitative estimate of drug-likeness (QED) is 0.558. The summed E-state index contributed by atoms with van der Waals surface area (Å²) in [5, 5.41) is 8.45. The second-order valence-corrected chi connectivity index (χ2v) is 3.79. The normalized spacial score (nSPS) is 10.3. The van der Waals surface area contributed by atoms with Crippen LogP contribution in [-0.2, 0) is 9.53 Å². The first kappa shape index (κ1) is 15.9. The van der Waals surface area contributed by atoms with Crippen LogP contribution >= 0.6 is 0 Å². The van der Waals surface area contributed by atoms with Crippen molar-refractivity contribution in [2.45, 2.75) is 20.3 Å². The van der Waals surface area contributed by atoms with E-state index in [9.17, 15) is 4.79 Å². The molecular formula is C12H23N3O2. The molecule has 0 bridgehead atoms. The van der Waals surface area contributed by atoms with Crippen LogP contribution in [0.1, 0.15) is 20.3 Å². The van der Waals surface area contributed by atoms with Gasteiger partial charge >= 0.3 is 0 Å². The molecule has 0 N–H and O–H groups in total. The van der Waals surface area contributed by atoms with Crippen LogP contribution in [0.15, 0.2) is 0 Å². The Kier molecular flexibility index (Phi) is 9.40. The molecule has 0 saturated heterocycles. The number of amides is 1. The van der Waals surface area contributed by atoms with Gasteiger partial charge in [-0.15, -0.1) is 0 Å². The van der Waals surface area contributed by atoms with Crippen LogP contribution in [0, 0.1) is 11.3 Å². The molecule has 0 aliphatic rings. The Balaban J connectivity index is 3.92. The lowest BCUT2D eigenvalue weighted by Crippen LogP contribution is -2.40. The maximum absolute atomic E-state index is 11.8. The number of carbonyl (C=O) groups is 1. The summed E-state index contributed by atoms with van der Waals surface area (Å²) in [4.78, 5) is 15.4. The van der Waals surface area contributed by atoms with E-state index in [0.717, 1.165) is 13.1 Å². The number of carbonyl (C=O) groups excluding carboxylic acids is 1. The molecule has 0 saturated carbocycles. The minimum Gasteiger partial charge on any atom is -0.380 e. The third-order valence-electron chi connectivity index (χ3n) is 2.55. The highest BCUT2D eigenvalue weighted by molar-refractivity contribution is 5.77. The number of rotatable bonds is 9. The van der Waals surface area contributed by atoms with Crippen LogP contribution in [0.2, 0.25) is 0 Å². The van der Waals surface area contributed by atoms with E-state index in [0.29, 0.717) is 32.7 Å². The Bertz CT molecular complexity index is 251. The first-order valence-electron chi connectivity index (χ1n) is 6.06. The number of hydrogen-bond acceptors (Lipinski definition) is 4. The lowest BCUT2D eigenvalue weighted by molar-refractivity contribution is -0.131. The van der Waals surface area contributed by atoms with Crippen LogP contribution in [0.3, 0.4) is 0 Å². The van der Waals surface area contributed by atoms with Crippen molar-refractivity contribution in [3.63, 3.8) is 0 Å². The molecule has 0 aromatic heterocycles. The van der Waals surface area contributed by atoms with Crippen molar-refractivity contribution in [2.24, 2.45) is 0 Å². The molecule has 0 fully saturated rings. The first-order valence-corrected chi connectivity index (χ1v) is 6.06. The number of nitrogens with zero attached hydrogens (tertiary/aromatic N) is 3. The molecule has 0 aliphatic heterocycles. The standard InChI is InChI=1S/C12H23N3O2/c1-4-15(9-10-17-5-2)11-12(16)14(3)8-6-7-13/h4-6,8-11H2,1-3H3. The summed E-state index contributed by atoms with van der Waals surface area (Å²) >= 11 is 0. The number of likely N-dealkylation sites (N-methyl/N-ethyl adjacent to an activating group) is 2. The van der Waals surface area contributed by atoms with Crippen LogP contribution in [0.25, 0.3) is 0 Å². The predicted molar refractivity (Wildman–Crippen MR) is 66.5 cm³/mol. The van der Waals surface area contributed by atoms with Crippen molar-refractivity contribution in [1.82, 2.24) is 9.80 Å². The van der Waals surface area contributed by atoms with E-state index in [1.54, 1.807) is 11.9 Å². The topological polar surface area (TPSA) is 56.6 Å². The fourth-order valence-corrected chi connectivity index (χ4v) is 1.34. The van der Waals surface area contributed by atoms with E-state index >= 15 is 0 Å². The molecule has 0 aliphatic carbocycles. The van der Waals surface area contributed by atoms with Crippen LogP contribution in [0.5, 0.6) is 0 Å². The van der Waals surface area contributed by atoms with Gasteiger partial charge in [0.15, 0.2) is 0 Å². The predicted octanol–water partition coefficient (Wildman–Crippen LogP) is 0.717. The Morgan fingerprint density at radius 1 is 1.35 bits per heavy atom. The maximum atomic E-state index is 11.8. The summed E-state index contributed by atoms with van der Waals surface area (Å²) in [6.45, 7) is 7.82. The van der Waals surface area contributed by atoms with Gasteiger partial charge in [0.25, 0.3) is 0 Å². The molecule has 0 spiro atoms. The zero-order valence-electron chi connectivity index (χ0n) is 11.1. The van der Waals surface area contributed by atoms with E-state index in [2.05, 4.69) is 0 Å². The van der Waals surface area contributed by atoms with Crippen molar-refractivity contribution in [1.29, 1.82) is 5.26 Å². The highest BCUT2D eigenvalue weighted by Gasteiger charge is 2.12. The summed E-state index contributed by atoms with van der Waals surface area (Å²) in [6, 6.07) is 2.04. The molecule has 0 rings (SSSR count). The fraction of sp³-hybridized carbons (Fsp3) is 0.833. The molecule has 0 aromatic rings. The van der Waals surface area contributed by atoms with Crippen molar-refractivity contribution >= 4 is 5.91 Å². The van der Waals surface area contributed by atoms with E-state index in [-0.39, 0.29) is 5.91 Å². The van der Waals surface area contributed by atoms with Gasteiger partial charge in [-0.05, 0) is 13.5 Å². The lowest BCUT2D eigenvalue weighted by atomic mass is 10.4. The highest BCUT2D eigenvalue weighted by Crippen LogP contribution is 1.94. The minimum atomic E-state index is 0.0543. The summed E-state index contributed by atoms with van der Waals surface area (Å²) in [6.07, 6.45) is 0.382. The molecule has 0 unspecified atom stereocenters. The van der Waals surface area contributed by atoms with Gasteiger partial charge in [-0.3, -0.25) is 9.69 Å². The van der Waals surface area contributed by atoms with Gasteiger partial charge in [-0.2, -0.15) is 5.26 Å². The summed E-state index contributed by atoms with van der Waals surface area (Å²) in [7, 11) is 1.73. The van der Waals surface area contributed by atoms with Crippen LogP contribution in [-0.4, -0.2) is 62.1 Å². The highest BCUT2D eigenvalue weighted by atomic mass is 16.5. The Labute approximate surface area is 104 Å². The smallest absolute Gasteiger partial charge is 0.236 e. The van der Waals surface area contributed by atoms with Gasteiger partial charge in [0.2, 0.25) is 5.91 Å². The minimum absolute atomic E-state index is 0.0543. The summed E-state index contributed by atoms with van der Waals surface area (Å²) < 4.78 is 5.26. The van der Waals surface area contributed by atoms with Gasteiger partial charge in [0, 0.05) is 26.7 Å². The molecule has 5 heteroatoms. The van der Waals surface area contributed by atoms with E-state index in [4.69, 9.17) is 10.00 Å². The fourth-order valence-electron chi connectivity index (χ4n) is 1.34. The van der Waals surface area contributed by atoms with E-state index in [1.807, 2.05) is 24.8 Å². The van der Waals surface area contributed by atoms with Gasteiger partial charge in [-0.25, -0.2) is 0 Å². The molecule has 0 heterocycles. The maximum Gasteiger partial charge on any atom is 0.236 e. The van der Waals surface area contributed by atoms with E-state index < -0.39 is 0 Å². The van der Waals surface area contributed by atoms with Gasteiger partial charge in [0.1, 0.15) is 0 Å². The largest absolute Gasteiger partial charge is 0.380 e. The van der Waals surface area contributed by atoms with Crippen molar-refractivity contribution in [2.75, 3.05) is 46.4 Å². The molecule has 17 heavy (non-hydrogen) atoms. The molecule has 5 nitrogen and oxygen atoms in total. The van der Waals surface area contributed by atoms with Crippen molar-refractivity contribution < 1.29 is 9.53 Å². The molecule has 0 radical (unpaired) electrons. The van der Waals surface area contributed by atoms with Crippen molar-refractivity contribution in [3.05, 3.63) is 0 Å². The van der Waals surface area contributed by atoms with Crippen LogP contribution in [0.4, 0.5) is 0 Å². The van der Waals surface area contributed by atoms with Gasteiger partial charge < -0.3 is 9.64 Å². The molecule has 0 aromatic carbocycles. The SMILES string of the molecule is CCOCCN(CC)CC(=O)N(C)CCC#N. The molecule has 1 amide bonds. The second kappa shape index (κ2) is 10.1. The number of ether oxygens (including phenoxy) is 1.